The van der Waals surface area contributed by atoms with Crippen molar-refractivity contribution in [3.05, 3.63) is 89.3 Å². The molecule has 4 rings (SSSR count). The number of imidazole rings is 1. The molecule has 3 nitrogen and oxygen atoms in total. The van der Waals surface area contributed by atoms with Crippen LogP contribution in [-0.4, -0.2) is 16.1 Å². The van der Waals surface area contributed by atoms with Crippen molar-refractivity contribution in [3.8, 4) is 0 Å². The van der Waals surface area contributed by atoms with Crippen LogP contribution >= 0.6 is 11.3 Å². The normalized spacial score (nSPS) is 11.6. The molecule has 166 valence electrons. The Hall–Kier alpha value is -2.85. The van der Waals surface area contributed by atoms with Crippen LogP contribution in [0.3, 0.4) is 0 Å². The summed E-state index contributed by atoms with van der Waals surface area (Å²) in [5.41, 5.74) is 3.84. The van der Waals surface area contributed by atoms with E-state index in [1.165, 1.54) is 51.2 Å². The lowest BCUT2D eigenvalue weighted by molar-refractivity contribution is 0.672. The lowest BCUT2D eigenvalue weighted by Gasteiger charge is -2.25. The van der Waals surface area contributed by atoms with Crippen molar-refractivity contribution in [2.45, 2.75) is 52.6 Å². The largest absolute Gasteiger partial charge is 0.366 e. The van der Waals surface area contributed by atoms with Crippen LogP contribution in [0.4, 0.5) is 5.69 Å². The third-order valence-corrected chi connectivity index (χ3v) is 6.83. The summed E-state index contributed by atoms with van der Waals surface area (Å²) < 4.78 is 3.63. The fourth-order valence-corrected chi connectivity index (χ4v) is 4.92. The van der Waals surface area contributed by atoms with Gasteiger partial charge in [-0.2, -0.15) is 0 Å². The predicted octanol–water partition coefficient (Wildman–Crippen LogP) is 7.77. The van der Waals surface area contributed by atoms with Crippen LogP contribution in [0.5, 0.6) is 0 Å². The number of unbranched alkanes of at least 4 members (excludes halogenated alkanes) is 2. The highest BCUT2D eigenvalue weighted by molar-refractivity contribution is 7.19. The van der Waals surface area contributed by atoms with Crippen LogP contribution in [-0.2, 0) is 13.1 Å². The van der Waals surface area contributed by atoms with Gasteiger partial charge in [-0.25, -0.2) is 4.98 Å². The van der Waals surface area contributed by atoms with E-state index in [1.807, 2.05) is 23.9 Å². The maximum absolute atomic E-state index is 4.46. The van der Waals surface area contributed by atoms with Gasteiger partial charge in [0, 0.05) is 34.6 Å². The first-order valence-electron chi connectivity index (χ1n) is 11.7. The molecule has 0 unspecified atom stereocenters. The van der Waals surface area contributed by atoms with Gasteiger partial charge in [0.1, 0.15) is 0 Å². The number of aromatic nitrogens is 2. The zero-order chi connectivity index (χ0) is 22.2. The molecule has 0 saturated carbocycles. The molecular formula is C28H33N3S. The first-order chi connectivity index (χ1) is 15.8. The van der Waals surface area contributed by atoms with Crippen molar-refractivity contribution in [1.29, 1.82) is 0 Å². The highest BCUT2D eigenvalue weighted by Gasteiger charge is 2.12. The molecule has 4 aromatic rings. The number of benzene rings is 2. The first kappa shape index (κ1) is 22.3. The van der Waals surface area contributed by atoms with E-state index < -0.39 is 0 Å². The second kappa shape index (κ2) is 11.1. The van der Waals surface area contributed by atoms with Crippen molar-refractivity contribution in [2.75, 3.05) is 11.4 Å². The van der Waals surface area contributed by atoms with Gasteiger partial charge in [0.05, 0.1) is 18.6 Å². The number of thiophene rings is 1. The molecule has 0 bridgehead atoms. The molecule has 0 aliphatic rings. The summed E-state index contributed by atoms with van der Waals surface area (Å²) in [7, 11) is 0. The zero-order valence-electron chi connectivity index (χ0n) is 19.2. The van der Waals surface area contributed by atoms with E-state index >= 15 is 0 Å². The number of rotatable bonds is 11. The molecule has 2 aromatic carbocycles. The summed E-state index contributed by atoms with van der Waals surface area (Å²) in [6.45, 7) is 7.25. The average molecular weight is 444 g/mol. The molecule has 32 heavy (non-hydrogen) atoms. The number of hydrogen-bond donors (Lipinski definition) is 0. The minimum atomic E-state index is 0.856. The summed E-state index contributed by atoms with van der Waals surface area (Å²) in [5.74, 6) is 0. The maximum Gasteiger partial charge on any atom is 0.0951 e. The van der Waals surface area contributed by atoms with Gasteiger partial charge >= 0.3 is 0 Å². The molecule has 0 radical (unpaired) electrons. The van der Waals surface area contributed by atoms with Crippen LogP contribution in [0, 0.1) is 0 Å². The molecule has 0 spiro atoms. The van der Waals surface area contributed by atoms with Gasteiger partial charge in [-0.15, -0.1) is 11.3 Å². The molecule has 0 aliphatic heterocycles. The number of anilines is 1. The molecule has 4 heteroatoms. The topological polar surface area (TPSA) is 21.1 Å². The van der Waals surface area contributed by atoms with Crippen molar-refractivity contribution < 1.29 is 0 Å². The molecular weight excluding hydrogens is 410 g/mol. The minimum Gasteiger partial charge on any atom is -0.366 e. The van der Waals surface area contributed by atoms with Gasteiger partial charge in [-0.1, -0.05) is 63.1 Å². The van der Waals surface area contributed by atoms with E-state index in [4.69, 9.17) is 0 Å². The van der Waals surface area contributed by atoms with E-state index in [0.717, 1.165) is 26.1 Å². The Labute approximate surface area is 196 Å². The van der Waals surface area contributed by atoms with Crippen LogP contribution in [0.15, 0.2) is 73.2 Å². The highest BCUT2D eigenvalue weighted by Crippen LogP contribution is 2.31. The highest BCUT2D eigenvalue weighted by atomic mass is 32.1. The van der Waals surface area contributed by atoms with E-state index in [1.54, 1.807) is 0 Å². The van der Waals surface area contributed by atoms with Crippen molar-refractivity contribution in [2.24, 2.45) is 0 Å². The van der Waals surface area contributed by atoms with Crippen molar-refractivity contribution in [1.82, 2.24) is 9.55 Å². The summed E-state index contributed by atoms with van der Waals surface area (Å²) in [6, 6.07) is 19.9. The Kier molecular flexibility index (Phi) is 7.78. The smallest absolute Gasteiger partial charge is 0.0951 e. The summed E-state index contributed by atoms with van der Waals surface area (Å²) >= 11 is 1.88. The SMILES string of the molecule is CCC/C=C/c1cc2cc(N(CCCC)Cc3cncn3Cc3ccccc3)ccc2s1. The number of allylic oxidation sites excluding steroid dienone is 1. The molecule has 0 N–H and O–H groups in total. The van der Waals surface area contributed by atoms with Gasteiger partial charge in [0.2, 0.25) is 0 Å². The Morgan fingerprint density at radius 2 is 1.91 bits per heavy atom. The van der Waals surface area contributed by atoms with E-state index in [-0.39, 0.29) is 0 Å². The summed E-state index contributed by atoms with van der Waals surface area (Å²) in [6.07, 6.45) is 13.2. The molecule has 0 fully saturated rings. The Morgan fingerprint density at radius 3 is 2.72 bits per heavy atom. The molecule has 0 atom stereocenters. The van der Waals surface area contributed by atoms with Crippen molar-refractivity contribution >= 4 is 33.2 Å². The van der Waals surface area contributed by atoms with Gasteiger partial charge in [0.25, 0.3) is 0 Å². The second-order valence-electron chi connectivity index (χ2n) is 8.34. The van der Waals surface area contributed by atoms with Crippen LogP contribution in [0.25, 0.3) is 16.2 Å². The minimum absolute atomic E-state index is 0.856. The van der Waals surface area contributed by atoms with E-state index in [2.05, 4.69) is 95.0 Å². The molecule has 2 heterocycles. The van der Waals surface area contributed by atoms with Crippen LogP contribution in [0.2, 0.25) is 0 Å². The standard InChI is InChI=1S/C28H33N3S/c1-3-5-8-13-27-18-24-17-25(14-15-28(24)32-27)30(16-6-4-2)21-26-19-29-22-31(26)20-23-11-9-7-10-12-23/h7-15,17-19,22H,3-6,16,20-21H2,1-2H3/b13-8+. The fraction of sp³-hybridized carbons (Fsp3) is 0.321. The van der Waals surface area contributed by atoms with Gasteiger partial charge in [0.15, 0.2) is 0 Å². The van der Waals surface area contributed by atoms with E-state index in [9.17, 15) is 0 Å². The monoisotopic (exact) mass is 443 g/mol. The van der Waals surface area contributed by atoms with Gasteiger partial charge < -0.3 is 9.47 Å². The third-order valence-electron chi connectivity index (χ3n) is 5.75. The maximum atomic E-state index is 4.46. The van der Waals surface area contributed by atoms with Crippen LogP contribution < -0.4 is 4.90 Å². The molecule has 2 aromatic heterocycles. The number of hydrogen-bond acceptors (Lipinski definition) is 3. The Bertz CT molecular complexity index is 1140. The van der Waals surface area contributed by atoms with Gasteiger partial charge in [-0.3, -0.25) is 0 Å². The zero-order valence-corrected chi connectivity index (χ0v) is 20.0. The molecule has 0 aliphatic carbocycles. The lowest BCUT2D eigenvalue weighted by Crippen LogP contribution is -2.25. The number of fused-ring (bicyclic) bond motifs is 1. The summed E-state index contributed by atoms with van der Waals surface area (Å²) in [4.78, 5) is 8.31. The summed E-state index contributed by atoms with van der Waals surface area (Å²) in [5, 5.41) is 1.34. The predicted molar refractivity (Wildman–Crippen MR) is 139 cm³/mol. The van der Waals surface area contributed by atoms with E-state index in [0.29, 0.717) is 0 Å². The fourth-order valence-electron chi connectivity index (χ4n) is 3.94. The Morgan fingerprint density at radius 1 is 1.03 bits per heavy atom. The lowest BCUT2D eigenvalue weighted by atomic mass is 10.2. The van der Waals surface area contributed by atoms with Crippen LogP contribution in [0.1, 0.15) is 55.7 Å². The Balaban J connectivity index is 1.56. The van der Waals surface area contributed by atoms with Gasteiger partial charge in [-0.05, 0) is 54.1 Å². The second-order valence-corrected chi connectivity index (χ2v) is 9.45. The van der Waals surface area contributed by atoms with Crippen molar-refractivity contribution in [3.63, 3.8) is 0 Å². The first-order valence-corrected chi connectivity index (χ1v) is 12.6. The number of nitrogens with zero attached hydrogens (tertiary/aromatic N) is 3. The third kappa shape index (κ3) is 5.68. The molecule has 0 amide bonds. The average Bonchev–Trinajstić information content (AvgIpc) is 3.43. The molecule has 0 saturated heterocycles. The quantitative estimate of drug-likeness (QED) is 0.236.